The normalized spacial score (nSPS) is 11.6. The molecule has 0 saturated carbocycles. The van der Waals surface area contributed by atoms with Gasteiger partial charge in [0.1, 0.15) is 17.2 Å². The number of aryl methyl sites for hydroxylation is 1. The maximum atomic E-state index is 13.7. The Kier molecular flexibility index (Phi) is 4.58. The van der Waals surface area contributed by atoms with Gasteiger partial charge < -0.3 is 0 Å². The Balaban J connectivity index is 1.67. The van der Waals surface area contributed by atoms with Gasteiger partial charge in [-0.1, -0.05) is 57.9 Å². The summed E-state index contributed by atoms with van der Waals surface area (Å²) in [6, 6.07) is 23.7. The largest absolute Gasteiger partial charge is 0.294 e. The van der Waals surface area contributed by atoms with E-state index in [0.29, 0.717) is 28.7 Å². The van der Waals surface area contributed by atoms with Crippen molar-refractivity contribution in [3.63, 3.8) is 0 Å². The fraction of sp³-hybridized carbons (Fsp3) is 0.0769. The van der Waals surface area contributed by atoms with E-state index in [0.717, 1.165) is 26.8 Å². The number of fused-ring (bicyclic) bond motifs is 4. The van der Waals surface area contributed by atoms with Crippen LogP contribution in [0.5, 0.6) is 0 Å². The summed E-state index contributed by atoms with van der Waals surface area (Å²) in [4.78, 5) is 28.1. The second-order valence-corrected chi connectivity index (χ2v) is 8.97. The van der Waals surface area contributed by atoms with Gasteiger partial charge in [0.15, 0.2) is 11.3 Å². The van der Waals surface area contributed by atoms with Crippen molar-refractivity contribution >= 4 is 49.2 Å². The van der Waals surface area contributed by atoms with Gasteiger partial charge in [0.2, 0.25) is 0 Å². The fourth-order valence-electron chi connectivity index (χ4n) is 4.11. The molecule has 0 aliphatic carbocycles. The number of nitrogens with zero attached hydrogens (tertiary/aromatic N) is 5. The molecule has 3 heterocycles. The standard InChI is InChI=1S/C26H18BrN5O/c1-16-6-8-17(9-7-16)14-31-15-28-24-22(26(31)33)23-25(30-21-5-3-2-4-20(21)29-23)32(24)19-12-10-18(27)11-13-19/h2-13,15H,14H2,1H3. The Morgan fingerprint density at radius 1 is 0.848 bits per heavy atom. The molecule has 0 aliphatic heterocycles. The molecule has 7 heteroatoms. The summed E-state index contributed by atoms with van der Waals surface area (Å²) in [5.74, 6) is 0. The second kappa shape index (κ2) is 7.64. The predicted molar refractivity (Wildman–Crippen MR) is 134 cm³/mol. The quantitative estimate of drug-likeness (QED) is 0.329. The smallest absolute Gasteiger partial charge is 0.265 e. The lowest BCUT2D eigenvalue weighted by Crippen LogP contribution is -2.21. The minimum Gasteiger partial charge on any atom is -0.294 e. The average molecular weight is 496 g/mol. The van der Waals surface area contributed by atoms with Crippen molar-refractivity contribution in [1.82, 2.24) is 24.1 Å². The maximum absolute atomic E-state index is 13.7. The SMILES string of the molecule is Cc1ccc(Cn2cnc3c(c2=O)c2nc4ccccc4nc2n3-c2ccc(Br)cc2)cc1. The number of hydrogen-bond donors (Lipinski definition) is 0. The molecule has 6 rings (SSSR count). The lowest BCUT2D eigenvalue weighted by atomic mass is 10.1. The molecule has 0 spiro atoms. The maximum Gasteiger partial charge on any atom is 0.265 e. The third kappa shape index (κ3) is 3.32. The number of benzene rings is 3. The van der Waals surface area contributed by atoms with Crippen molar-refractivity contribution in [2.45, 2.75) is 13.5 Å². The van der Waals surface area contributed by atoms with E-state index in [2.05, 4.69) is 15.9 Å². The summed E-state index contributed by atoms with van der Waals surface area (Å²) in [5.41, 5.74) is 6.19. The molecule has 160 valence electrons. The van der Waals surface area contributed by atoms with Gasteiger partial charge in [-0.15, -0.1) is 0 Å². The molecule has 0 fully saturated rings. The van der Waals surface area contributed by atoms with Gasteiger partial charge in [0.25, 0.3) is 5.56 Å². The van der Waals surface area contributed by atoms with Crippen LogP contribution in [0, 0.1) is 6.92 Å². The Hall–Kier alpha value is -3.84. The number of rotatable bonds is 3. The van der Waals surface area contributed by atoms with Crippen molar-refractivity contribution in [3.05, 3.63) is 105 Å². The van der Waals surface area contributed by atoms with E-state index < -0.39 is 0 Å². The van der Waals surface area contributed by atoms with E-state index in [-0.39, 0.29) is 5.56 Å². The molecular weight excluding hydrogens is 478 g/mol. The molecule has 33 heavy (non-hydrogen) atoms. The zero-order valence-electron chi connectivity index (χ0n) is 17.7. The van der Waals surface area contributed by atoms with E-state index >= 15 is 0 Å². The van der Waals surface area contributed by atoms with E-state index in [9.17, 15) is 4.79 Å². The van der Waals surface area contributed by atoms with Crippen LogP contribution in [0.3, 0.4) is 0 Å². The molecule has 0 aliphatic rings. The Morgan fingerprint density at radius 3 is 2.27 bits per heavy atom. The summed E-state index contributed by atoms with van der Waals surface area (Å²) in [6.07, 6.45) is 1.61. The third-order valence-electron chi connectivity index (χ3n) is 5.79. The van der Waals surface area contributed by atoms with Crippen LogP contribution in [0.25, 0.3) is 38.9 Å². The molecule has 0 unspecified atom stereocenters. The molecule has 0 bridgehead atoms. The van der Waals surface area contributed by atoms with Gasteiger partial charge in [-0.2, -0.15) is 0 Å². The third-order valence-corrected chi connectivity index (χ3v) is 6.32. The molecule has 0 saturated heterocycles. The van der Waals surface area contributed by atoms with Crippen LogP contribution in [0.15, 0.2) is 88.4 Å². The van der Waals surface area contributed by atoms with E-state index in [1.807, 2.05) is 84.3 Å². The summed E-state index contributed by atoms with van der Waals surface area (Å²) >= 11 is 3.49. The van der Waals surface area contributed by atoms with Crippen molar-refractivity contribution < 1.29 is 0 Å². The fourth-order valence-corrected chi connectivity index (χ4v) is 4.37. The van der Waals surface area contributed by atoms with Crippen LogP contribution in [0.1, 0.15) is 11.1 Å². The molecule has 0 radical (unpaired) electrons. The predicted octanol–water partition coefficient (Wildman–Crippen LogP) is 5.40. The highest BCUT2D eigenvalue weighted by molar-refractivity contribution is 9.10. The van der Waals surface area contributed by atoms with Crippen molar-refractivity contribution in [3.8, 4) is 5.69 Å². The van der Waals surface area contributed by atoms with E-state index in [1.54, 1.807) is 10.9 Å². The zero-order valence-corrected chi connectivity index (χ0v) is 19.3. The van der Waals surface area contributed by atoms with Crippen LogP contribution in [-0.4, -0.2) is 24.1 Å². The Bertz CT molecular complexity index is 1720. The molecule has 0 atom stereocenters. The Labute approximate surface area is 197 Å². The molecule has 0 amide bonds. The lowest BCUT2D eigenvalue weighted by molar-refractivity contribution is 0.746. The van der Waals surface area contributed by atoms with Gasteiger partial charge in [0, 0.05) is 10.2 Å². The number of aromatic nitrogens is 5. The summed E-state index contributed by atoms with van der Waals surface area (Å²) in [5, 5.41) is 0.473. The van der Waals surface area contributed by atoms with Crippen LogP contribution >= 0.6 is 15.9 Å². The minimum atomic E-state index is -0.133. The molecule has 0 N–H and O–H groups in total. The number of hydrogen-bond acceptors (Lipinski definition) is 4. The number of halogens is 1. The topological polar surface area (TPSA) is 65.6 Å². The first-order valence-electron chi connectivity index (χ1n) is 10.6. The van der Waals surface area contributed by atoms with E-state index in [1.165, 1.54) is 5.56 Å². The van der Waals surface area contributed by atoms with Crippen molar-refractivity contribution in [2.75, 3.05) is 0 Å². The number of para-hydroxylation sites is 2. The highest BCUT2D eigenvalue weighted by atomic mass is 79.9. The van der Waals surface area contributed by atoms with Crippen LogP contribution in [0.2, 0.25) is 0 Å². The molecule has 3 aromatic heterocycles. The molecular formula is C26H18BrN5O. The zero-order chi connectivity index (χ0) is 22.5. The monoisotopic (exact) mass is 495 g/mol. The summed E-state index contributed by atoms with van der Waals surface area (Å²) in [7, 11) is 0. The van der Waals surface area contributed by atoms with Gasteiger partial charge in [-0.3, -0.25) is 13.9 Å². The van der Waals surface area contributed by atoms with E-state index in [4.69, 9.17) is 15.0 Å². The molecule has 3 aromatic carbocycles. The first-order valence-corrected chi connectivity index (χ1v) is 11.4. The first-order chi connectivity index (χ1) is 16.1. The average Bonchev–Trinajstić information content (AvgIpc) is 3.15. The molecule has 6 aromatic rings. The Morgan fingerprint density at radius 2 is 1.55 bits per heavy atom. The van der Waals surface area contributed by atoms with Gasteiger partial charge in [-0.25, -0.2) is 15.0 Å². The van der Waals surface area contributed by atoms with Crippen LogP contribution < -0.4 is 5.56 Å². The lowest BCUT2D eigenvalue weighted by Gasteiger charge is -2.08. The van der Waals surface area contributed by atoms with Crippen molar-refractivity contribution in [1.29, 1.82) is 0 Å². The van der Waals surface area contributed by atoms with Crippen LogP contribution in [-0.2, 0) is 6.54 Å². The highest BCUT2D eigenvalue weighted by Crippen LogP contribution is 2.28. The van der Waals surface area contributed by atoms with Gasteiger partial charge >= 0.3 is 0 Å². The molecule has 6 nitrogen and oxygen atoms in total. The van der Waals surface area contributed by atoms with Crippen molar-refractivity contribution in [2.24, 2.45) is 0 Å². The van der Waals surface area contributed by atoms with Crippen LogP contribution in [0.4, 0.5) is 0 Å². The summed E-state index contributed by atoms with van der Waals surface area (Å²) in [6.45, 7) is 2.48. The second-order valence-electron chi connectivity index (χ2n) is 8.06. The summed E-state index contributed by atoms with van der Waals surface area (Å²) < 4.78 is 4.51. The van der Waals surface area contributed by atoms with Gasteiger partial charge in [0.05, 0.1) is 17.6 Å². The first kappa shape index (κ1) is 19.8. The van der Waals surface area contributed by atoms with Gasteiger partial charge in [-0.05, 0) is 48.9 Å². The highest BCUT2D eigenvalue weighted by Gasteiger charge is 2.20. The minimum absolute atomic E-state index is 0.133.